The lowest BCUT2D eigenvalue weighted by atomic mass is 9.81. The molecule has 2 bridgehead atoms. The van der Waals surface area contributed by atoms with Crippen molar-refractivity contribution in [3.8, 4) is 5.75 Å². The van der Waals surface area contributed by atoms with Crippen molar-refractivity contribution in [3.63, 3.8) is 0 Å². The first-order valence-electron chi connectivity index (χ1n) is 8.56. The molecule has 2 fully saturated rings. The maximum Gasteiger partial charge on any atom is 0.344 e. The predicted molar refractivity (Wildman–Crippen MR) is 90.2 cm³/mol. The highest BCUT2D eigenvalue weighted by Crippen LogP contribution is 2.57. The Kier molecular flexibility index (Phi) is 4.69. The smallest absolute Gasteiger partial charge is 0.344 e. The highest BCUT2D eigenvalue weighted by Gasteiger charge is 2.67. The Hall–Kier alpha value is -2.51. The molecular formula is C19H20F3NO4. The average molecular weight is 383 g/mol. The van der Waals surface area contributed by atoms with Gasteiger partial charge in [0, 0.05) is 17.9 Å². The number of alkyl halides is 1. The first-order chi connectivity index (χ1) is 12.6. The van der Waals surface area contributed by atoms with Crippen LogP contribution in [-0.4, -0.2) is 35.8 Å². The Balaban J connectivity index is 2.00. The molecule has 1 amide bonds. The molecule has 3 rings (SSSR count). The van der Waals surface area contributed by atoms with Gasteiger partial charge in [0.1, 0.15) is 5.75 Å². The molecule has 4 atom stereocenters. The average Bonchev–Trinajstić information content (AvgIpc) is 3.14. The van der Waals surface area contributed by atoms with E-state index in [1.54, 1.807) is 13.8 Å². The van der Waals surface area contributed by atoms with Gasteiger partial charge in [-0.3, -0.25) is 4.79 Å². The number of hydrogen-bond acceptors (Lipinski definition) is 3. The number of halogens is 3. The van der Waals surface area contributed by atoms with Gasteiger partial charge in [0.2, 0.25) is 5.67 Å². The van der Waals surface area contributed by atoms with E-state index in [1.807, 2.05) is 0 Å². The summed E-state index contributed by atoms with van der Waals surface area (Å²) in [6.45, 7) is 3.57. The number of fused-ring (bicyclic) bond motifs is 2. The van der Waals surface area contributed by atoms with E-state index in [9.17, 15) is 23.5 Å². The van der Waals surface area contributed by atoms with E-state index in [4.69, 9.17) is 4.74 Å². The fourth-order valence-corrected chi connectivity index (χ4v) is 4.51. The number of hydrogen-bond donors (Lipinski definition) is 2. The van der Waals surface area contributed by atoms with Gasteiger partial charge in [-0.25, -0.2) is 18.0 Å². The Morgan fingerprint density at radius 1 is 1.22 bits per heavy atom. The van der Waals surface area contributed by atoms with Crippen LogP contribution in [0.5, 0.6) is 5.75 Å². The zero-order chi connectivity index (χ0) is 20.1. The third kappa shape index (κ3) is 2.78. The van der Waals surface area contributed by atoms with Crippen LogP contribution < -0.4 is 10.1 Å². The zero-order valence-electron chi connectivity index (χ0n) is 15.1. The topological polar surface area (TPSA) is 75.6 Å². The van der Waals surface area contributed by atoms with E-state index in [1.165, 1.54) is 7.11 Å². The van der Waals surface area contributed by atoms with Gasteiger partial charge in [-0.05, 0) is 32.8 Å². The lowest BCUT2D eigenvalue weighted by molar-refractivity contribution is -0.156. The number of ether oxygens (including phenoxy) is 1. The minimum absolute atomic E-state index is 0.225. The molecule has 0 radical (unpaired) electrons. The van der Waals surface area contributed by atoms with Gasteiger partial charge in [0.25, 0.3) is 5.91 Å². The van der Waals surface area contributed by atoms with Gasteiger partial charge in [-0.15, -0.1) is 0 Å². The number of carbonyl (C=O) groups is 2. The summed E-state index contributed by atoms with van der Waals surface area (Å²) in [5, 5.41) is 12.0. The van der Waals surface area contributed by atoms with Crippen LogP contribution in [0.3, 0.4) is 0 Å². The van der Waals surface area contributed by atoms with Crippen LogP contribution in [0, 0.1) is 23.5 Å². The minimum atomic E-state index is -2.66. The highest BCUT2D eigenvalue weighted by molar-refractivity contribution is 5.98. The molecular weight excluding hydrogens is 363 g/mol. The van der Waals surface area contributed by atoms with E-state index >= 15 is 4.39 Å². The first-order valence-corrected chi connectivity index (χ1v) is 8.56. The summed E-state index contributed by atoms with van der Waals surface area (Å²) in [5.74, 6) is -6.51. The summed E-state index contributed by atoms with van der Waals surface area (Å²) in [6.07, 6.45) is 0.929. The number of carbonyl (C=O) groups excluding carboxylic acids is 1. The van der Waals surface area contributed by atoms with Gasteiger partial charge in [0.05, 0.1) is 18.7 Å². The molecule has 1 aromatic carbocycles. The molecule has 2 N–H and O–H groups in total. The number of carboxylic acid groups (broad SMARTS) is 1. The molecule has 2 unspecified atom stereocenters. The molecule has 2 aliphatic carbocycles. The highest BCUT2D eigenvalue weighted by atomic mass is 19.2. The Morgan fingerprint density at radius 2 is 1.85 bits per heavy atom. The van der Waals surface area contributed by atoms with Gasteiger partial charge >= 0.3 is 5.97 Å². The van der Waals surface area contributed by atoms with Gasteiger partial charge in [-0.1, -0.05) is 11.1 Å². The van der Waals surface area contributed by atoms with Crippen LogP contribution in [0.1, 0.15) is 37.0 Å². The molecule has 0 aliphatic heterocycles. The molecule has 2 aliphatic rings. The van der Waals surface area contributed by atoms with Crippen LogP contribution in [0.4, 0.5) is 13.2 Å². The van der Waals surface area contributed by atoms with Gasteiger partial charge in [0.15, 0.2) is 11.6 Å². The number of amides is 1. The Labute approximate surface area is 154 Å². The van der Waals surface area contributed by atoms with E-state index in [-0.39, 0.29) is 11.3 Å². The summed E-state index contributed by atoms with van der Waals surface area (Å²) >= 11 is 0. The lowest BCUT2D eigenvalue weighted by Crippen LogP contribution is -2.57. The van der Waals surface area contributed by atoms with Gasteiger partial charge in [-0.2, -0.15) is 0 Å². The summed E-state index contributed by atoms with van der Waals surface area (Å²) in [7, 11) is 1.18. The Morgan fingerprint density at radius 3 is 2.41 bits per heavy atom. The quantitative estimate of drug-likeness (QED) is 0.783. The summed E-state index contributed by atoms with van der Waals surface area (Å²) in [5.41, 5.74) is -1.45. The third-order valence-corrected chi connectivity index (χ3v) is 5.58. The predicted octanol–water partition coefficient (Wildman–Crippen LogP) is 3.24. The second-order valence-corrected chi connectivity index (χ2v) is 7.18. The molecule has 8 heteroatoms. The van der Waals surface area contributed by atoms with E-state index < -0.39 is 47.1 Å². The normalized spacial score (nSPS) is 29.0. The monoisotopic (exact) mass is 383 g/mol. The van der Waals surface area contributed by atoms with E-state index in [0.29, 0.717) is 30.5 Å². The summed E-state index contributed by atoms with van der Waals surface area (Å²) < 4.78 is 47.5. The second-order valence-electron chi connectivity index (χ2n) is 7.18. The maximum absolute atomic E-state index is 15.6. The second kappa shape index (κ2) is 6.58. The maximum atomic E-state index is 15.6. The van der Waals surface area contributed by atoms with Crippen molar-refractivity contribution in [1.82, 2.24) is 5.32 Å². The van der Waals surface area contributed by atoms with Crippen molar-refractivity contribution >= 4 is 11.9 Å². The summed E-state index contributed by atoms with van der Waals surface area (Å²) in [4.78, 5) is 24.4. The number of methoxy groups -OCH3 is 1. The van der Waals surface area contributed by atoms with Crippen LogP contribution in [0.25, 0.3) is 0 Å². The van der Waals surface area contributed by atoms with E-state index in [2.05, 4.69) is 5.32 Å². The van der Waals surface area contributed by atoms with Crippen LogP contribution >= 0.6 is 0 Å². The molecule has 146 valence electrons. The van der Waals surface area contributed by atoms with Crippen molar-refractivity contribution in [1.29, 1.82) is 0 Å². The van der Waals surface area contributed by atoms with Crippen LogP contribution in [0.2, 0.25) is 0 Å². The van der Waals surface area contributed by atoms with E-state index in [0.717, 1.165) is 5.57 Å². The fourth-order valence-electron chi connectivity index (χ4n) is 4.51. The van der Waals surface area contributed by atoms with Crippen LogP contribution in [-0.2, 0) is 4.79 Å². The number of carboxylic acids is 1. The first kappa shape index (κ1) is 19.3. The van der Waals surface area contributed by atoms with Crippen molar-refractivity contribution in [2.24, 2.45) is 11.8 Å². The van der Waals surface area contributed by atoms with Crippen LogP contribution in [0.15, 0.2) is 23.3 Å². The standard InChI is InChI=1S/C19H20F3NO4/c1-8(2)15-9-4-5-11(15)19(22,18(25)26)16(9)23-17(24)10-6-12(20)13(21)7-14(10)27-3/h6-7,9,11,16H,4-5H2,1-3H3,(H,23,24)(H,25,26)/t9?,11?,16-,19-/m1/s1. The van der Waals surface area contributed by atoms with Crippen molar-refractivity contribution < 1.29 is 32.6 Å². The largest absolute Gasteiger partial charge is 0.496 e. The molecule has 1 aromatic rings. The Bertz CT molecular complexity index is 850. The van der Waals surface area contributed by atoms with Crippen molar-refractivity contribution in [3.05, 3.63) is 40.5 Å². The zero-order valence-corrected chi connectivity index (χ0v) is 15.1. The van der Waals surface area contributed by atoms with Crippen molar-refractivity contribution in [2.75, 3.05) is 7.11 Å². The van der Waals surface area contributed by atoms with Gasteiger partial charge < -0.3 is 15.2 Å². The SMILES string of the molecule is COc1cc(F)c(F)cc1C(=O)N[C@@H]1C2CCC(C2=C(C)C)[C@]1(F)C(=O)O. The third-order valence-electron chi connectivity index (χ3n) is 5.58. The molecule has 0 saturated heterocycles. The number of rotatable bonds is 4. The van der Waals surface area contributed by atoms with Crippen molar-refractivity contribution in [2.45, 2.75) is 38.4 Å². The lowest BCUT2D eigenvalue weighted by Gasteiger charge is -2.33. The number of allylic oxidation sites excluding steroid dienone is 1. The number of benzene rings is 1. The molecule has 0 spiro atoms. The number of nitrogens with one attached hydrogen (secondary N) is 1. The number of aliphatic carboxylic acids is 1. The fraction of sp³-hybridized carbons (Fsp3) is 0.474. The molecule has 5 nitrogen and oxygen atoms in total. The molecule has 2 saturated carbocycles. The minimum Gasteiger partial charge on any atom is -0.496 e. The molecule has 0 heterocycles. The summed E-state index contributed by atoms with van der Waals surface area (Å²) in [6, 6.07) is 0.0649. The molecule has 27 heavy (non-hydrogen) atoms. The molecule has 0 aromatic heterocycles.